The second-order valence-electron chi connectivity index (χ2n) is 5.09. The summed E-state index contributed by atoms with van der Waals surface area (Å²) in [5.41, 5.74) is 1.19. The summed E-state index contributed by atoms with van der Waals surface area (Å²) < 4.78 is 11.3. The quantitative estimate of drug-likeness (QED) is 0.725. The van der Waals surface area contributed by atoms with E-state index in [-0.39, 0.29) is 0 Å². The van der Waals surface area contributed by atoms with Gasteiger partial charge in [0.1, 0.15) is 5.75 Å². The monoisotopic (exact) mass is 268 g/mol. The molecular formula is C15H21ClO2. The Morgan fingerprint density at radius 3 is 2.78 bits per heavy atom. The molecule has 1 heterocycles. The smallest absolute Gasteiger partial charge is 0.122 e. The summed E-state index contributed by atoms with van der Waals surface area (Å²) in [6.07, 6.45) is 2.76. The fourth-order valence-electron chi connectivity index (χ4n) is 2.32. The Morgan fingerprint density at radius 2 is 2.17 bits per heavy atom. The molecule has 2 nitrogen and oxygen atoms in total. The van der Waals surface area contributed by atoms with Crippen molar-refractivity contribution in [2.24, 2.45) is 5.92 Å². The van der Waals surface area contributed by atoms with Crippen molar-refractivity contribution < 1.29 is 9.47 Å². The Morgan fingerprint density at radius 1 is 1.44 bits per heavy atom. The molecule has 0 aromatic heterocycles. The van der Waals surface area contributed by atoms with Crippen molar-refractivity contribution >= 4 is 11.6 Å². The van der Waals surface area contributed by atoms with Crippen molar-refractivity contribution in [3.8, 4) is 5.75 Å². The van der Waals surface area contributed by atoms with E-state index in [9.17, 15) is 0 Å². The van der Waals surface area contributed by atoms with Crippen molar-refractivity contribution in [1.29, 1.82) is 0 Å². The molecule has 1 aliphatic heterocycles. The molecule has 0 aliphatic carbocycles. The van der Waals surface area contributed by atoms with Crippen LogP contribution in [0.1, 0.15) is 32.8 Å². The first-order valence-electron chi connectivity index (χ1n) is 6.68. The van der Waals surface area contributed by atoms with E-state index in [1.54, 1.807) is 0 Å². The van der Waals surface area contributed by atoms with Crippen LogP contribution < -0.4 is 4.74 Å². The highest BCUT2D eigenvalue weighted by atomic mass is 35.5. The van der Waals surface area contributed by atoms with Gasteiger partial charge in [-0.1, -0.05) is 25.4 Å². The third-order valence-corrected chi connectivity index (χ3v) is 3.58. The maximum absolute atomic E-state index is 6.07. The zero-order chi connectivity index (χ0) is 13.1. The van der Waals surface area contributed by atoms with Gasteiger partial charge in [0.05, 0.1) is 18.8 Å². The minimum absolute atomic E-state index is 0.392. The zero-order valence-electron chi connectivity index (χ0n) is 11.3. The van der Waals surface area contributed by atoms with Crippen LogP contribution in [0.5, 0.6) is 5.75 Å². The molecule has 100 valence electrons. The van der Waals surface area contributed by atoms with E-state index in [0.717, 1.165) is 30.2 Å². The van der Waals surface area contributed by atoms with E-state index in [1.807, 2.05) is 18.2 Å². The van der Waals surface area contributed by atoms with Gasteiger partial charge in [0.2, 0.25) is 0 Å². The van der Waals surface area contributed by atoms with Crippen LogP contribution in [0.15, 0.2) is 18.2 Å². The summed E-state index contributed by atoms with van der Waals surface area (Å²) in [6.45, 7) is 7.20. The fraction of sp³-hybridized carbons (Fsp3) is 0.600. The molecule has 2 rings (SSSR count). The lowest BCUT2D eigenvalue weighted by molar-refractivity contribution is 0.305. The van der Waals surface area contributed by atoms with Crippen LogP contribution in [-0.4, -0.2) is 18.8 Å². The van der Waals surface area contributed by atoms with Gasteiger partial charge in [-0.3, -0.25) is 0 Å². The average Bonchev–Trinajstić information content (AvgIpc) is 3.05. The van der Waals surface area contributed by atoms with E-state index in [4.69, 9.17) is 21.1 Å². The molecule has 0 amide bonds. The van der Waals surface area contributed by atoms with Crippen LogP contribution in [0.25, 0.3) is 0 Å². The molecule has 3 atom stereocenters. The number of halogens is 1. The van der Waals surface area contributed by atoms with Gasteiger partial charge in [0, 0.05) is 5.02 Å². The van der Waals surface area contributed by atoms with E-state index in [2.05, 4.69) is 20.8 Å². The Balaban J connectivity index is 2.06. The second-order valence-corrected chi connectivity index (χ2v) is 5.52. The molecule has 1 aromatic carbocycles. The standard InChI is InChI=1S/C15H21ClO2/c1-4-7-17-14-6-5-13(16)9-12(14)8-10(2)15-11(3)18-15/h5-6,9-11,15H,4,7-8H2,1-3H3. The third kappa shape index (κ3) is 3.39. The van der Waals surface area contributed by atoms with Gasteiger partial charge in [-0.2, -0.15) is 0 Å². The molecule has 18 heavy (non-hydrogen) atoms. The van der Waals surface area contributed by atoms with Crippen molar-refractivity contribution in [3.05, 3.63) is 28.8 Å². The molecule has 0 N–H and O–H groups in total. The van der Waals surface area contributed by atoms with Crippen LogP contribution >= 0.6 is 11.6 Å². The molecule has 0 saturated carbocycles. The number of hydrogen-bond acceptors (Lipinski definition) is 2. The summed E-state index contributed by atoms with van der Waals surface area (Å²) in [5.74, 6) is 1.46. The van der Waals surface area contributed by atoms with Crippen LogP contribution in [0.3, 0.4) is 0 Å². The minimum Gasteiger partial charge on any atom is -0.493 e. The number of benzene rings is 1. The lowest BCUT2D eigenvalue weighted by Crippen LogP contribution is -2.10. The highest BCUT2D eigenvalue weighted by Gasteiger charge is 2.38. The SMILES string of the molecule is CCCOc1ccc(Cl)cc1CC(C)C1OC1C. The minimum atomic E-state index is 0.392. The Bertz CT molecular complexity index is 405. The fourth-order valence-corrected chi connectivity index (χ4v) is 2.52. The van der Waals surface area contributed by atoms with Gasteiger partial charge in [0.15, 0.2) is 0 Å². The van der Waals surface area contributed by atoms with Gasteiger partial charge in [-0.15, -0.1) is 0 Å². The van der Waals surface area contributed by atoms with Crippen molar-refractivity contribution in [2.45, 2.75) is 45.8 Å². The first-order valence-corrected chi connectivity index (χ1v) is 7.06. The Kier molecular flexibility index (Phi) is 4.52. The molecule has 1 saturated heterocycles. The largest absolute Gasteiger partial charge is 0.493 e. The summed E-state index contributed by atoms with van der Waals surface area (Å²) in [4.78, 5) is 0. The molecule has 0 bridgehead atoms. The number of hydrogen-bond donors (Lipinski definition) is 0. The first kappa shape index (κ1) is 13.7. The van der Waals surface area contributed by atoms with Gasteiger partial charge >= 0.3 is 0 Å². The Hall–Kier alpha value is -0.730. The predicted molar refractivity (Wildman–Crippen MR) is 74.4 cm³/mol. The maximum atomic E-state index is 6.07. The average molecular weight is 269 g/mol. The maximum Gasteiger partial charge on any atom is 0.122 e. The number of epoxide rings is 1. The van der Waals surface area contributed by atoms with Gasteiger partial charge in [-0.05, 0) is 49.4 Å². The highest BCUT2D eigenvalue weighted by molar-refractivity contribution is 6.30. The predicted octanol–water partition coefficient (Wildman–Crippen LogP) is 4.09. The molecule has 1 aromatic rings. The summed E-state index contributed by atoms with van der Waals surface area (Å²) >= 11 is 6.07. The first-order chi connectivity index (χ1) is 8.61. The Labute approximate surface area is 114 Å². The molecule has 1 fully saturated rings. The van der Waals surface area contributed by atoms with Crippen LogP contribution in [0.4, 0.5) is 0 Å². The van der Waals surface area contributed by atoms with E-state index in [1.165, 1.54) is 5.56 Å². The van der Waals surface area contributed by atoms with Gasteiger partial charge < -0.3 is 9.47 Å². The van der Waals surface area contributed by atoms with Crippen molar-refractivity contribution in [2.75, 3.05) is 6.61 Å². The molecule has 0 spiro atoms. The highest BCUT2D eigenvalue weighted by Crippen LogP contribution is 2.33. The molecule has 1 aliphatic rings. The van der Waals surface area contributed by atoms with Gasteiger partial charge in [-0.25, -0.2) is 0 Å². The topological polar surface area (TPSA) is 21.8 Å². The second kappa shape index (κ2) is 5.94. The molecule has 3 heteroatoms. The lowest BCUT2D eigenvalue weighted by atomic mass is 9.96. The third-order valence-electron chi connectivity index (χ3n) is 3.34. The summed E-state index contributed by atoms with van der Waals surface area (Å²) in [7, 11) is 0. The van der Waals surface area contributed by atoms with Crippen molar-refractivity contribution in [3.63, 3.8) is 0 Å². The lowest BCUT2D eigenvalue weighted by Gasteiger charge is -2.14. The normalized spacial score (nSPS) is 23.8. The summed E-state index contributed by atoms with van der Waals surface area (Å²) in [6, 6.07) is 5.87. The van der Waals surface area contributed by atoms with Gasteiger partial charge in [0.25, 0.3) is 0 Å². The van der Waals surface area contributed by atoms with E-state index in [0.29, 0.717) is 18.1 Å². The number of ether oxygens (including phenoxy) is 2. The van der Waals surface area contributed by atoms with E-state index < -0.39 is 0 Å². The molecule has 0 radical (unpaired) electrons. The van der Waals surface area contributed by atoms with Crippen LogP contribution in [0, 0.1) is 5.92 Å². The van der Waals surface area contributed by atoms with E-state index >= 15 is 0 Å². The number of rotatable bonds is 6. The molecular weight excluding hydrogens is 248 g/mol. The van der Waals surface area contributed by atoms with Crippen molar-refractivity contribution in [1.82, 2.24) is 0 Å². The van der Waals surface area contributed by atoms with Crippen LogP contribution in [0.2, 0.25) is 5.02 Å². The molecule has 3 unspecified atom stereocenters. The van der Waals surface area contributed by atoms with Crippen LogP contribution in [-0.2, 0) is 11.2 Å². The zero-order valence-corrected chi connectivity index (χ0v) is 12.0. The summed E-state index contributed by atoms with van der Waals surface area (Å²) in [5, 5.41) is 0.769.